The van der Waals surface area contributed by atoms with E-state index in [1.54, 1.807) is 17.0 Å². The number of halogens is 1. The molecule has 0 aromatic heterocycles. The van der Waals surface area contributed by atoms with Gasteiger partial charge in [-0.1, -0.05) is 11.6 Å². The molecule has 3 atom stereocenters. The standard InChI is InChI=1S/C15H18ClNO3S/c1-9-13(15(19)20)7-8-17(9)14(18)10(2)21-12-5-3-11(16)4-6-12/h3-6,9-10,13H,7-8H2,1-2H3,(H,19,20). The summed E-state index contributed by atoms with van der Waals surface area (Å²) in [6.45, 7) is 4.17. The number of carboxylic acids is 1. The Balaban J connectivity index is 1.99. The number of likely N-dealkylation sites (tertiary alicyclic amines) is 1. The summed E-state index contributed by atoms with van der Waals surface area (Å²) < 4.78 is 0. The van der Waals surface area contributed by atoms with E-state index in [1.165, 1.54) is 11.8 Å². The molecule has 1 aromatic rings. The molecule has 0 saturated carbocycles. The predicted octanol–water partition coefficient (Wildman–Crippen LogP) is 3.14. The third kappa shape index (κ3) is 3.71. The van der Waals surface area contributed by atoms with Gasteiger partial charge in [0.2, 0.25) is 5.91 Å². The Bertz CT molecular complexity index is 534. The van der Waals surface area contributed by atoms with Crippen LogP contribution in [0.1, 0.15) is 20.3 Å². The second-order valence-electron chi connectivity index (χ2n) is 5.22. The van der Waals surface area contributed by atoms with E-state index in [1.807, 2.05) is 26.0 Å². The van der Waals surface area contributed by atoms with Gasteiger partial charge in [0.1, 0.15) is 0 Å². The minimum atomic E-state index is -0.823. The van der Waals surface area contributed by atoms with Crippen LogP contribution in [-0.2, 0) is 9.59 Å². The van der Waals surface area contributed by atoms with Gasteiger partial charge >= 0.3 is 5.97 Å². The Kier molecular flexibility index (Phi) is 5.17. The summed E-state index contributed by atoms with van der Waals surface area (Å²) in [5.74, 6) is -1.29. The highest BCUT2D eigenvalue weighted by atomic mass is 35.5. The second kappa shape index (κ2) is 6.71. The third-order valence-corrected chi connectivity index (χ3v) is 5.18. The van der Waals surface area contributed by atoms with E-state index in [2.05, 4.69) is 0 Å². The maximum absolute atomic E-state index is 12.5. The molecule has 1 saturated heterocycles. The van der Waals surface area contributed by atoms with Gasteiger partial charge in [-0.3, -0.25) is 9.59 Å². The molecule has 21 heavy (non-hydrogen) atoms. The molecule has 2 rings (SSSR count). The van der Waals surface area contributed by atoms with Crippen molar-refractivity contribution >= 4 is 35.2 Å². The Hall–Kier alpha value is -1.20. The quantitative estimate of drug-likeness (QED) is 0.863. The summed E-state index contributed by atoms with van der Waals surface area (Å²) in [5.41, 5.74) is 0. The number of hydrogen-bond donors (Lipinski definition) is 1. The van der Waals surface area contributed by atoms with Gasteiger partial charge < -0.3 is 10.0 Å². The molecule has 0 radical (unpaired) electrons. The molecule has 1 aliphatic rings. The Morgan fingerprint density at radius 1 is 1.38 bits per heavy atom. The van der Waals surface area contributed by atoms with Crippen LogP contribution in [0.15, 0.2) is 29.2 Å². The molecular formula is C15H18ClNO3S. The fraction of sp³-hybridized carbons (Fsp3) is 0.467. The third-order valence-electron chi connectivity index (χ3n) is 3.83. The molecule has 1 amide bonds. The lowest BCUT2D eigenvalue weighted by molar-refractivity contribution is -0.143. The van der Waals surface area contributed by atoms with Crippen LogP contribution < -0.4 is 0 Å². The van der Waals surface area contributed by atoms with Crippen molar-refractivity contribution in [1.82, 2.24) is 4.90 Å². The molecule has 0 spiro atoms. The van der Waals surface area contributed by atoms with Gasteiger partial charge in [-0.15, -0.1) is 11.8 Å². The van der Waals surface area contributed by atoms with Gasteiger partial charge in [-0.05, 0) is 44.5 Å². The van der Waals surface area contributed by atoms with Gasteiger partial charge in [0, 0.05) is 22.5 Å². The van der Waals surface area contributed by atoms with Crippen LogP contribution in [0.25, 0.3) is 0 Å². The number of carboxylic acid groups (broad SMARTS) is 1. The van der Waals surface area contributed by atoms with Crippen molar-refractivity contribution in [3.63, 3.8) is 0 Å². The van der Waals surface area contributed by atoms with Crippen LogP contribution in [0.4, 0.5) is 0 Å². The first-order valence-corrected chi connectivity index (χ1v) is 8.11. The highest BCUT2D eigenvalue weighted by Gasteiger charge is 2.39. The van der Waals surface area contributed by atoms with E-state index in [4.69, 9.17) is 16.7 Å². The smallest absolute Gasteiger partial charge is 0.308 e. The van der Waals surface area contributed by atoms with E-state index in [-0.39, 0.29) is 17.2 Å². The molecule has 6 heteroatoms. The fourth-order valence-corrected chi connectivity index (χ4v) is 3.65. The number of amides is 1. The van der Waals surface area contributed by atoms with Crippen molar-refractivity contribution in [1.29, 1.82) is 0 Å². The predicted molar refractivity (Wildman–Crippen MR) is 83.7 cm³/mol. The molecule has 3 unspecified atom stereocenters. The van der Waals surface area contributed by atoms with Crippen molar-refractivity contribution in [2.75, 3.05) is 6.54 Å². The average Bonchev–Trinajstić information content (AvgIpc) is 2.82. The van der Waals surface area contributed by atoms with Crippen molar-refractivity contribution in [3.05, 3.63) is 29.3 Å². The number of benzene rings is 1. The maximum Gasteiger partial charge on any atom is 0.308 e. The second-order valence-corrected chi connectivity index (χ2v) is 7.07. The highest BCUT2D eigenvalue weighted by molar-refractivity contribution is 8.00. The minimum absolute atomic E-state index is 0.00815. The van der Waals surface area contributed by atoms with Crippen molar-refractivity contribution in [2.24, 2.45) is 5.92 Å². The van der Waals surface area contributed by atoms with Crippen LogP contribution in [0.3, 0.4) is 0 Å². The number of aliphatic carboxylic acids is 1. The van der Waals surface area contributed by atoms with Crippen LogP contribution in [0, 0.1) is 5.92 Å². The van der Waals surface area contributed by atoms with E-state index >= 15 is 0 Å². The van der Waals surface area contributed by atoms with Gasteiger partial charge in [0.15, 0.2) is 0 Å². The minimum Gasteiger partial charge on any atom is -0.481 e. The molecule has 0 aliphatic carbocycles. The van der Waals surface area contributed by atoms with Crippen LogP contribution in [0.5, 0.6) is 0 Å². The number of carbonyl (C=O) groups is 2. The van der Waals surface area contributed by atoms with E-state index in [9.17, 15) is 9.59 Å². The van der Waals surface area contributed by atoms with Crippen LogP contribution in [0.2, 0.25) is 5.02 Å². The summed E-state index contributed by atoms with van der Waals surface area (Å²) in [7, 11) is 0. The summed E-state index contributed by atoms with van der Waals surface area (Å²) in [4.78, 5) is 26.3. The normalized spacial score (nSPS) is 23.1. The number of thioether (sulfide) groups is 1. The number of rotatable bonds is 4. The number of carbonyl (C=O) groups excluding carboxylic acids is 1. The zero-order valence-electron chi connectivity index (χ0n) is 12.0. The van der Waals surface area contributed by atoms with Crippen molar-refractivity contribution in [3.8, 4) is 0 Å². The summed E-state index contributed by atoms with van der Waals surface area (Å²) >= 11 is 7.30. The fourth-order valence-electron chi connectivity index (χ4n) is 2.58. The summed E-state index contributed by atoms with van der Waals surface area (Å²) in [5, 5.41) is 9.54. The first-order chi connectivity index (χ1) is 9.90. The average molecular weight is 328 g/mol. The Labute approximate surface area is 133 Å². The van der Waals surface area contributed by atoms with Crippen molar-refractivity contribution < 1.29 is 14.7 Å². The molecule has 4 nitrogen and oxygen atoms in total. The van der Waals surface area contributed by atoms with Gasteiger partial charge in [0.25, 0.3) is 0 Å². The molecule has 114 valence electrons. The Morgan fingerprint density at radius 3 is 2.52 bits per heavy atom. The highest BCUT2D eigenvalue weighted by Crippen LogP contribution is 2.30. The van der Waals surface area contributed by atoms with Gasteiger partial charge in [-0.2, -0.15) is 0 Å². The van der Waals surface area contributed by atoms with E-state index < -0.39 is 11.9 Å². The molecular weight excluding hydrogens is 310 g/mol. The maximum atomic E-state index is 12.5. The Morgan fingerprint density at radius 2 is 2.00 bits per heavy atom. The molecule has 1 fully saturated rings. The topological polar surface area (TPSA) is 57.6 Å². The van der Waals surface area contributed by atoms with Crippen LogP contribution in [-0.4, -0.2) is 39.7 Å². The summed E-state index contributed by atoms with van der Waals surface area (Å²) in [6, 6.07) is 7.09. The lowest BCUT2D eigenvalue weighted by Crippen LogP contribution is -2.41. The molecule has 1 aliphatic heterocycles. The van der Waals surface area contributed by atoms with Crippen molar-refractivity contribution in [2.45, 2.75) is 36.5 Å². The lowest BCUT2D eigenvalue weighted by atomic mass is 10.0. The van der Waals surface area contributed by atoms with E-state index in [0.29, 0.717) is 18.0 Å². The summed E-state index contributed by atoms with van der Waals surface area (Å²) in [6.07, 6.45) is 0.528. The molecule has 1 N–H and O–H groups in total. The number of nitrogens with zero attached hydrogens (tertiary/aromatic N) is 1. The number of hydrogen-bond acceptors (Lipinski definition) is 3. The molecule has 0 bridgehead atoms. The zero-order valence-corrected chi connectivity index (χ0v) is 13.5. The lowest BCUT2D eigenvalue weighted by Gasteiger charge is -2.26. The molecule has 1 heterocycles. The van der Waals surface area contributed by atoms with E-state index in [0.717, 1.165) is 4.90 Å². The largest absolute Gasteiger partial charge is 0.481 e. The van der Waals surface area contributed by atoms with Gasteiger partial charge in [0.05, 0.1) is 11.2 Å². The monoisotopic (exact) mass is 327 g/mol. The zero-order chi connectivity index (χ0) is 15.6. The SMILES string of the molecule is CC(Sc1ccc(Cl)cc1)C(=O)N1CCC(C(=O)O)C1C. The first kappa shape index (κ1) is 16.2. The first-order valence-electron chi connectivity index (χ1n) is 6.85. The van der Waals surface area contributed by atoms with Crippen LogP contribution >= 0.6 is 23.4 Å². The molecule has 1 aromatic carbocycles. The van der Waals surface area contributed by atoms with Gasteiger partial charge in [-0.25, -0.2) is 0 Å².